The molecule has 7 heteroatoms. The fourth-order valence-corrected chi connectivity index (χ4v) is 3.38. The number of benzene rings is 1. The number of rotatable bonds is 8. The second-order valence-corrected chi connectivity index (χ2v) is 6.76. The predicted octanol–water partition coefficient (Wildman–Crippen LogP) is 1.18. The molecule has 1 unspecified atom stereocenters. The van der Waals surface area contributed by atoms with Crippen molar-refractivity contribution in [2.45, 2.75) is 31.8 Å². The van der Waals surface area contributed by atoms with Crippen LogP contribution in [0.15, 0.2) is 24.3 Å². The number of carboxylic acid groups (broad SMARTS) is 1. The summed E-state index contributed by atoms with van der Waals surface area (Å²) in [7, 11) is 3.48. The summed E-state index contributed by atoms with van der Waals surface area (Å²) in [6.45, 7) is 2.53. The van der Waals surface area contributed by atoms with Crippen molar-refractivity contribution in [3.05, 3.63) is 29.8 Å². The SMILES string of the molecule is COc1ccccc1CNC(=O)CN1CCCC(N(C)CC(=O)O)CC1. The minimum absolute atomic E-state index is 0.00625. The highest BCUT2D eigenvalue weighted by Crippen LogP contribution is 2.17. The molecule has 1 aliphatic heterocycles. The summed E-state index contributed by atoms with van der Waals surface area (Å²) in [4.78, 5) is 27.2. The number of likely N-dealkylation sites (N-methyl/N-ethyl adjacent to an activating group) is 1. The Morgan fingerprint density at radius 2 is 2.08 bits per heavy atom. The molecule has 7 nitrogen and oxygen atoms in total. The number of carbonyl (C=O) groups excluding carboxylic acids is 1. The number of nitrogens with one attached hydrogen (secondary N) is 1. The van der Waals surface area contributed by atoms with Gasteiger partial charge < -0.3 is 15.2 Å². The molecule has 1 saturated heterocycles. The predicted molar refractivity (Wildman–Crippen MR) is 99.2 cm³/mol. The molecule has 1 heterocycles. The highest BCUT2D eigenvalue weighted by Gasteiger charge is 2.22. The maximum atomic E-state index is 12.3. The van der Waals surface area contributed by atoms with Crippen LogP contribution in [0.2, 0.25) is 0 Å². The number of para-hydroxylation sites is 1. The summed E-state index contributed by atoms with van der Waals surface area (Å²) in [6, 6.07) is 7.90. The van der Waals surface area contributed by atoms with Crippen LogP contribution in [-0.2, 0) is 16.1 Å². The van der Waals surface area contributed by atoms with Crippen molar-refractivity contribution < 1.29 is 19.4 Å². The van der Waals surface area contributed by atoms with Crippen LogP contribution in [0.25, 0.3) is 0 Å². The highest BCUT2D eigenvalue weighted by molar-refractivity contribution is 5.78. The van der Waals surface area contributed by atoms with Crippen LogP contribution in [0.1, 0.15) is 24.8 Å². The largest absolute Gasteiger partial charge is 0.496 e. The Hall–Kier alpha value is -2.12. The van der Waals surface area contributed by atoms with Gasteiger partial charge in [0.05, 0.1) is 20.2 Å². The Kier molecular flexibility index (Phi) is 7.87. The molecule has 1 atom stereocenters. The van der Waals surface area contributed by atoms with Crippen molar-refractivity contribution in [1.82, 2.24) is 15.1 Å². The zero-order valence-corrected chi connectivity index (χ0v) is 15.6. The van der Waals surface area contributed by atoms with Gasteiger partial charge in [-0.15, -0.1) is 0 Å². The topological polar surface area (TPSA) is 82.1 Å². The van der Waals surface area contributed by atoms with Gasteiger partial charge in [0.1, 0.15) is 5.75 Å². The van der Waals surface area contributed by atoms with Gasteiger partial charge in [-0.3, -0.25) is 19.4 Å². The molecular formula is C19H29N3O4. The summed E-state index contributed by atoms with van der Waals surface area (Å²) < 4.78 is 5.30. The van der Waals surface area contributed by atoms with Gasteiger partial charge in [-0.25, -0.2) is 0 Å². The molecule has 0 saturated carbocycles. The van der Waals surface area contributed by atoms with E-state index in [2.05, 4.69) is 10.2 Å². The highest BCUT2D eigenvalue weighted by atomic mass is 16.5. The Morgan fingerprint density at radius 3 is 2.81 bits per heavy atom. The maximum Gasteiger partial charge on any atom is 0.317 e. The van der Waals surface area contributed by atoms with E-state index in [4.69, 9.17) is 9.84 Å². The summed E-state index contributed by atoms with van der Waals surface area (Å²) in [5.74, 6) is -0.0375. The van der Waals surface area contributed by atoms with Gasteiger partial charge in [0.15, 0.2) is 0 Å². The van der Waals surface area contributed by atoms with Crippen LogP contribution in [0.4, 0.5) is 0 Å². The van der Waals surface area contributed by atoms with Gasteiger partial charge in [-0.2, -0.15) is 0 Å². The molecule has 2 rings (SSSR count). The first-order chi connectivity index (χ1) is 12.5. The Balaban J connectivity index is 1.78. The number of hydrogen-bond donors (Lipinski definition) is 2. The van der Waals surface area contributed by atoms with Gasteiger partial charge in [-0.1, -0.05) is 18.2 Å². The second kappa shape index (κ2) is 10.1. The first-order valence-corrected chi connectivity index (χ1v) is 9.02. The summed E-state index contributed by atoms with van der Waals surface area (Å²) in [5, 5.41) is 11.9. The molecule has 2 N–H and O–H groups in total. The first-order valence-electron chi connectivity index (χ1n) is 9.02. The monoisotopic (exact) mass is 363 g/mol. The standard InChI is InChI=1S/C19H29N3O4/c1-21(14-19(24)25)16-7-5-10-22(11-9-16)13-18(23)20-12-15-6-3-4-8-17(15)26-2/h3-4,6,8,16H,5,7,9-14H2,1-2H3,(H,20,23)(H,24,25). The lowest BCUT2D eigenvalue weighted by Gasteiger charge is -2.25. The van der Waals surface area contributed by atoms with Crippen LogP contribution < -0.4 is 10.1 Å². The van der Waals surface area contributed by atoms with Crippen molar-refractivity contribution >= 4 is 11.9 Å². The molecule has 0 bridgehead atoms. The Bertz CT molecular complexity index is 608. The van der Waals surface area contributed by atoms with Gasteiger partial charge in [0.2, 0.25) is 5.91 Å². The quantitative estimate of drug-likeness (QED) is 0.722. The normalized spacial score (nSPS) is 18.3. The van der Waals surface area contributed by atoms with Crippen LogP contribution in [-0.4, -0.2) is 73.2 Å². The van der Waals surface area contributed by atoms with E-state index in [1.807, 2.05) is 36.2 Å². The van der Waals surface area contributed by atoms with Crippen molar-refractivity contribution in [3.8, 4) is 5.75 Å². The molecule has 1 fully saturated rings. The van der Waals surface area contributed by atoms with E-state index >= 15 is 0 Å². The maximum absolute atomic E-state index is 12.3. The Morgan fingerprint density at radius 1 is 1.31 bits per heavy atom. The van der Waals surface area contributed by atoms with Crippen molar-refractivity contribution in [2.24, 2.45) is 0 Å². The molecule has 0 radical (unpaired) electrons. The molecule has 1 amide bonds. The van der Waals surface area contributed by atoms with E-state index in [-0.39, 0.29) is 18.5 Å². The zero-order chi connectivity index (χ0) is 18.9. The number of aliphatic carboxylic acids is 1. The summed E-state index contributed by atoms with van der Waals surface area (Å²) >= 11 is 0. The van der Waals surface area contributed by atoms with Crippen LogP contribution >= 0.6 is 0 Å². The number of amides is 1. The third-order valence-electron chi connectivity index (χ3n) is 4.83. The lowest BCUT2D eigenvalue weighted by molar-refractivity contribution is -0.138. The molecule has 1 aliphatic rings. The number of methoxy groups -OCH3 is 1. The fraction of sp³-hybridized carbons (Fsp3) is 0.579. The number of likely N-dealkylation sites (tertiary alicyclic amines) is 1. The van der Waals surface area contributed by atoms with Gasteiger partial charge in [0.25, 0.3) is 0 Å². The van der Waals surface area contributed by atoms with E-state index in [0.717, 1.165) is 43.7 Å². The summed E-state index contributed by atoms with van der Waals surface area (Å²) in [6.07, 6.45) is 2.81. The molecule has 0 aliphatic carbocycles. The van der Waals surface area contributed by atoms with E-state index in [0.29, 0.717) is 13.1 Å². The van der Waals surface area contributed by atoms with Crippen LogP contribution in [0, 0.1) is 0 Å². The molecule has 0 aromatic heterocycles. The average molecular weight is 363 g/mol. The number of nitrogens with zero attached hydrogens (tertiary/aromatic N) is 2. The van der Waals surface area contributed by atoms with Crippen molar-refractivity contribution in [1.29, 1.82) is 0 Å². The minimum atomic E-state index is -0.802. The van der Waals surface area contributed by atoms with E-state index in [1.165, 1.54) is 0 Å². The summed E-state index contributed by atoms with van der Waals surface area (Å²) in [5.41, 5.74) is 0.953. The van der Waals surface area contributed by atoms with Gasteiger partial charge >= 0.3 is 5.97 Å². The zero-order valence-electron chi connectivity index (χ0n) is 15.6. The molecule has 1 aromatic carbocycles. The van der Waals surface area contributed by atoms with Crippen LogP contribution in [0.5, 0.6) is 5.75 Å². The Labute approximate surface area is 154 Å². The van der Waals surface area contributed by atoms with E-state index in [1.54, 1.807) is 7.11 Å². The van der Waals surface area contributed by atoms with E-state index < -0.39 is 5.97 Å². The average Bonchev–Trinajstić information content (AvgIpc) is 2.85. The molecule has 26 heavy (non-hydrogen) atoms. The number of carboxylic acids is 1. The van der Waals surface area contributed by atoms with Crippen molar-refractivity contribution in [3.63, 3.8) is 0 Å². The van der Waals surface area contributed by atoms with Gasteiger partial charge in [-0.05, 0) is 38.9 Å². The smallest absolute Gasteiger partial charge is 0.317 e. The first kappa shape index (κ1) is 20.2. The molecule has 0 spiro atoms. The number of carbonyl (C=O) groups is 2. The number of hydrogen-bond acceptors (Lipinski definition) is 5. The third-order valence-corrected chi connectivity index (χ3v) is 4.83. The van der Waals surface area contributed by atoms with Crippen molar-refractivity contribution in [2.75, 3.05) is 40.3 Å². The second-order valence-electron chi connectivity index (χ2n) is 6.76. The van der Waals surface area contributed by atoms with E-state index in [9.17, 15) is 9.59 Å². The molecule has 1 aromatic rings. The number of ether oxygens (including phenoxy) is 1. The lowest BCUT2D eigenvalue weighted by atomic mass is 10.1. The van der Waals surface area contributed by atoms with Gasteiger partial charge in [0, 0.05) is 24.7 Å². The lowest BCUT2D eigenvalue weighted by Crippen LogP contribution is -2.39. The fourth-order valence-electron chi connectivity index (χ4n) is 3.38. The minimum Gasteiger partial charge on any atom is -0.496 e. The molecule has 144 valence electrons. The third kappa shape index (κ3) is 6.31. The van der Waals surface area contributed by atoms with Crippen LogP contribution in [0.3, 0.4) is 0 Å². The molecular weight excluding hydrogens is 334 g/mol.